The second-order valence-corrected chi connectivity index (χ2v) is 10.5. The maximum Gasteiger partial charge on any atom is 0.274 e. The highest BCUT2D eigenvalue weighted by molar-refractivity contribution is 7.99. The van der Waals surface area contributed by atoms with Crippen molar-refractivity contribution in [2.45, 2.75) is 29.5 Å². The van der Waals surface area contributed by atoms with E-state index in [1.165, 1.54) is 11.6 Å². The molecule has 8 heteroatoms. The van der Waals surface area contributed by atoms with Crippen LogP contribution in [0, 0.1) is 10.1 Å². The number of para-hydroxylation sites is 2. The Balaban J connectivity index is 1.31. The number of carbonyl (C=O) groups excluding carboxylic acids is 2. The Hall–Kier alpha value is -4.43. The van der Waals surface area contributed by atoms with E-state index in [9.17, 15) is 19.7 Å². The molecule has 0 spiro atoms. The quantitative estimate of drug-likeness (QED) is 0.209. The molecule has 39 heavy (non-hydrogen) atoms. The number of nitrogens with zero attached hydrogens (tertiary/aromatic N) is 2. The molecule has 1 aliphatic heterocycles. The normalized spacial score (nSPS) is 14.8. The molecule has 1 heterocycles. The zero-order valence-electron chi connectivity index (χ0n) is 21.2. The third kappa shape index (κ3) is 6.18. The number of anilines is 1. The Morgan fingerprint density at radius 1 is 0.923 bits per heavy atom. The van der Waals surface area contributed by atoms with Crippen LogP contribution in [0.3, 0.4) is 0 Å². The van der Waals surface area contributed by atoms with Crippen LogP contribution < -0.4 is 10.2 Å². The Bertz CT molecular complexity index is 1490. The fourth-order valence-electron chi connectivity index (χ4n) is 4.65. The molecule has 0 aliphatic carbocycles. The zero-order chi connectivity index (χ0) is 27.2. The van der Waals surface area contributed by atoms with Crippen LogP contribution in [0.15, 0.2) is 108 Å². The van der Waals surface area contributed by atoms with E-state index in [0.29, 0.717) is 17.7 Å². The Morgan fingerprint density at radius 2 is 1.62 bits per heavy atom. The molecule has 0 aromatic heterocycles. The summed E-state index contributed by atoms with van der Waals surface area (Å²) in [6.07, 6.45) is 0.982. The van der Waals surface area contributed by atoms with Crippen LogP contribution in [-0.4, -0.2) is 23.3 Å². The van der Waals surface area contributed by atoms with Gasteiger partial charge >= 0.3 is 0 Å². The van der Waals surface area contributed by atoms with E-state index >= 15 is 0 Å². The largest absolute Gasteiger partial charge is 0.352 e. The maximum atomic E-state index is 13.5. The number of carbonyl (C=O) groups is 2. The molecule has 1 unspecified atom stereocenters. The Kier molecular flexibility index (Phi) is 8.03. The Morgan fingerprint density at radius 3 is 2.38 bits per heavy atom. The smallest absolute Gasteiger partial charge is 0.274 e. The summed E-state index contributed by atoms with van der Waals surface area (Å²) in [5.74, 6) is -0.249. The lowest BCUT2D eigenvalue weighted by Crippen LogP contribution is -2.30. The summed E-state index contributed by atoms with van der Waals surface area (Å²) in [5, 5.41) is 14.4. The minimum Gasteiger partial charge on any atom is -0.352 e. The van der Waals surface area contributed by atoms with E-state index in [4.69, 9.17) is 0 Å². The third-order valence-electron chi connectivity index (χ3n) is 6.69. The van der Waals surface area contributed by atoms with Crippen molar-refractivity contribution in [2.75, 3.05) is 11.4 Å². The van der Waals surface area contributed by atoms with Gasteiger partial charge in [0, 0.05) is 40.3 Å². The number of rotatable bonds is 8. The number of nitro groups is 1. The van der Waals surface area contributed by atoms with Crippen LogP contribution in [-0.2, 0) is 17.8 Å². The molecule has 7 nitrogen and oxygen atoms in total. The number of hydrogen-bond acceptors (Lipinski definition) is 5. The molecule has 4 aromatic carbocycles. The first-order chi connectivity index (χ1) is 19.0. The molecule has 0 bridgehead atoms. The van der Waals surface area contributed by atoms with E-state index in [2.05, 4.69) is 5.32 Å². The summed E-state index contributed by atoms with van der Waals surface area (Å²) in [6.45, 7) is 0.659. The molecule has 2 amide bonds. The highest BCUT2D eigenvalue weighted by atomic mass is 32.2. The van der Waals surface area contributed by atoms with E-state index in [1.54, 1.807) is 47.0 Å². The highest BCUT2D eigenvalue weighted by Crippen LogP contribution is 2.46. The van der Waals surface area contributed by atoms with Gasteiger partial charge in [0.15, 0.2) is 0 Å². The topological polar surface area (TPSA) is 92.6 Å². The monoisotopic (exact) mass is 537 g/mol. The summed E-state index contributed by atoms with van der Waals surface area (Å²) in [6, 6.07) is 31.5. The average molecular weight is 538 g/mol. The van der Waals surface area contributed by atoms with Gasteiger partial charge in [-0.2, -0.15) is 0 Å². The first kappa shape index (κ1) is 26.2. The van der Waals surface area contributed by atoms with Crippen molar-refractivity contribution in [1.82, 2.24) is 5.32 Å². The van der Waals surface area contributed by atoms with Crippen molar-refractivity contribution < 1.29 is 14.5 Å². The molecule has 0 radical (unpaired) electrons. The lowest BCUT2D eigenvalue weighted by atomic mass is 10.0. The average Bonchev–Trinajstić information content (AvgIpc) is 3.10. The number of benzene rings is 4. The van der Waals surface area contributed by atoms with Gasteiger partial charge in [0.2, 0.25) is 5.91 Å². The van der Waals surface area contributed by atoms with Crippen molar-refractivity contribution >= 4 is 35.0 Å². The zero-order valence-corrected chi connectivity index (χ0v) is 22.0. The molecule has 5 rings (SSSR count). The van der Waals surface area contributed by atoms with Crippen LogP contribution >= 0.6 is 11.8 Å². The predicted octanol–water partition coefficient (Wildman–Crippen LogP) is 6.34. The molecule has 1 N–H and O–H groups in total. The van der Waals surface area contributed by atoms with Crippen LogP contribution in [0.4, 0.5) is 11.4 Å². The number of amides is 2. The van der Waals surface area contributed by atoms with Crippen molar-refractivity contribution in [2.24, 2.45) is 0 Å². The van der Waals surface area contributed by atoms with Crippen molar-refractivity contribution in [3.63, 3.8) is 0 Å². The summed E-state index contributed by atoms with van der Waals surface area (Å²) in [7, 11) is 0. The lowest BCUT2D eigenvalue weighted by molar-refractivity contribution is -0.385. The highest BCUT2D eigenvalue weighted by Gasteiger charge is 2.30. The van der Waals surface area contributed by atoms with Crippen LogP contribution in [0.2, 0.25) is 0 Å². The van der Waals surface area contributed by atoms with Gasteiger partial charge in [0.05, 0.1) is 17.2 Å². The third-order valence-corrected chi connectivity index (χ3v) is 8.01. The number of thioether (sulfide) groups is 1. The molecule has 0 saturated heterocycles. The molecule has 0 saturated carbocycles. The van der Waals surface area contributed by atoms with Gasteiger partial charge in [-0.15, -0.1) is 11.8 Å². The summed E-state index contributed by atoms with van der Waals surface area (Å²) < 4.78 is 0. The van der Waals surface area contributed by atoms with Gasteiger partial charge in [0.25, 0.3) is 11.6 Å². The van der Waals surface area contributed by atoms with Gasteiger partial charge in [0.1, 0.15) is 0 Å². The van der Waals surface area contributed by atoms with Crippen molar-refractivity contribution in [1.29, 1.82) is 0 Å². The number of hydrogen-bond donors (Lipinski definition) is 1. The van der Waals surface area contributed by atoms with Gasteiger partial charge in [-0.05, 0) is 41.8 Å². The molecule has 1 atom stereocenters. The van der Waals surface area contributed by atoms with Crippen molar-refractivity contribution in [3.8, 4) is 0 Å². The van der Waals surface area contributed by atoms with E-state index < -0.39 is 4.92 Å². The molecular weight excluding hydrogens is 510 g/mol. The van der Waals surface area contributed by atoms with Gasteiger partial charge in [-0.3, -0.25) is 19.7 Å². The Labute approximate surface area is 231 Å². The molecule has 4 aromatic rings. The van der Waals surface area contributed by atoms with Crippen molar-refractivity contribution in [3.05, 3.63) is 135 Å². The summed E-state index contributed by atoms with van der Waals surface area (Å²) in [5.41, 5.74) is 3.89. The van der Waals surface area contributed by atoms with Gasteiger partial charge < -0.3 is 10.2 Å². The number of fused-ring (bicyclic) bond motifs is 1. The molecule has 1 aliphatic rings. The lowest BCUT2D eigenvalue weighted by Gasteiger charge is -2.22. The number of nitrogens with one attached hydrogen (secondary N) is 1. The molecule has 0 fully saturated rings. The van der Waals surface area contributed by atoms with Crippen LogP contribution in [0.5, 0.6) is 0 Å². The fourth-order valence-corrected chi connectivity index (χ4v) is 5.93. The second kappa shape index (κ2) is 12.0. The van der Waals surface area contributed by atoms with E-state index in [1.807, 2.05) is 66.7 Å². The molecule has 196 valence electrons. The second-order valence-electron chi connectivity index (χ2n) is 9.26. The van der Waals surface area contributed by atoms with Crippen LogP contribution in [0.1, 0.15) is 38.7 Å². The minimum atomic E-state index is -0.416. The first-order valence-electron chi connectivity index (χ1n) is 12.7. The first-order valence-corrected chi connectivity index (χ1v) is 13.6. The number of nitro benzene ring substituents is 1. The van der Waals surface area contributed by atoms with Crippen LogP contribution in [0.25, 0.3) is 0 Å². The standard InChI is InChI=1S/C31H27N3O4S/c35-30-20-29(23-14-16-24(17-15-23)31(36)32-19-18-22-8-2-1-3-9-22)39-28-13-7-6-12-27(28)33(30)21-25-10-4-5-11-26(25)34(37)38/h1-17,29H,18-21H2,(H,32,36). The van der Waals surface area contributed by atoms with E-state index in [0.717, 1.165) is 22.6 Å². The summed E-state index contributed by atoms with van der Waals surface area (Å²) in [4.78, 5) is 39.9. The SMILES string of the molecule is O=C(NCCc1ccccc1)c1ccc(C2CC(=O)N(Cc3ccccc3[N+](=O)[O-])c3ccccc3S2)cc1. The molecular formula is C31H27N3O4S. The van der Waals surface area contributed by atoms with Gasteiger partial charge in [-0.25, -0.2) is 0 Å². The predicted molar refractivity (Wildman–Crippen MR) is 153 cm³/mol. The van der Waals surface area contributed by atoms with E-state index in [-0.39, 0.29) is 35.7 Å². The minimum absolute atomic E-state index is 0.00568. The van der Waals surface area contributed by atoms with Gasteiger partial charge in [-0.1, -0.05) is 72.8 Å². The fraction of sp³-hybridized carbons (Fsp3) is 0.161. The summed E-state index contributed by atoms with van der Waals surface area (Å²) >= 11 is 1.59. The maximum absolute atomic E-state index is 13.5.